The van der Waals surface area contributed by atoms with E-state index in [4.69, 9.17) is 0 Å². The number of rotatable bonds is 4. The van der Waals surface area contributed by atoms with Crippen LogP contribution in [0.3, 0.4) is 0 Å². The Morgan fingerprint density at radius 3 is 2.65 bits per heavy atom. The zero-order valence-corrected chi connectivity index (χ0v) is 12.9. The molecule has 4 aromatic rings. The van der Waals surface area contributed by atoms with Crippen molar-refractivity contribution >= 4 is 22.3 Å². The van der Waals surface area contributed by atoms with Crippen molar-refractivity contribution in [2.45, 2.75) is 0 Å². The molecule has 0 amide bonds. The molecule has 1 aromatic carbocycles. The van der Waals surface area contributed by atoms with E-state index < -0.39 is 0 Å². The number of pyridine rings is 1. The van der Waals surface area contributed by atoms with Crippen LogP contribution in [0.25, 0.3) is 22.5 Å². The normalized spacial score (nSPS) is 10.6. The molecule has 0 radical (unpaired) electrons. The summed E-state index contributed by atoms with van der Waals surface area (Å²) in [6.07, 6.45) is 3.56. The standard InChI is InChI=1S/C17H13N5S/c1-2-5-12(6-3-1)14-9-16(22-21-14)20-17-19-15(11-23-17)13-7-4-8-18-10-13/h1-11H,(H2,19,20,21,22). The Hall–Kier alpha value is -2.99. The highest BCUT2D eigenvalue weighted by atomic mass is 32.1. The van der Waals surface area contributed by atoms with Gasteiger partial charge in [0.1, 0.15) is 5.82 Å². The molecule has 0 aliphatic rings. The molecule has 2 N–H and O–H groups in total. The van der Waals surface area contributed by atoms with Crippen molar-refractivity contribution in [1.29, 1.82) is 0 Å². The maximum absolute atomic E-state index is 4.58. The number of anilines is 2. The molecular formula is C17H13N5S. The van der Waals surface area contributed by atoms with Crippen molar-refractivity contribution in [2.75, 3.05) is 5.32 Å². The largest absolute Gasteiger partial charge is 0.317 e. The van der Waals surface area contributed by atoms with Crippen LogP contribution in [0.5, 0.6) is 0 Å². The minimum atomic E-state index is 0.812. The lowest BCUT2D eigenvalue weighted by Crippen LogP contribution is -1.89. The Labute approximate surface area is 137 Å². The number of aromatic nitrogens is 4. The summed E-state index contributed by atoms with van der Waals surface area (Å²) in [5.41, 5.74) is 3.89. The van der Waals surface area contributed by atoms with E-state index in [-0.39, 0.29) is 0 Å². The van der Waals surface area contributed by atoms with Crippen molar-refractivity contribution in [3.63, 3.8) is 0 Å². The van der Waals surface area contributed by atoms with Gasteiger partial charge in [0.05, 0.1) is 11.4 Å². The molecule has 3 heterocycles. The molecular weight excluding hydrogens is 306 g/mol. The highest BCUT2D eigenvalue weighted by molar-refractivity contribution is 7.14. The summed E-state index contributed by atoms with van der Waals surface area (Å²) >= 11 is 1.55. The van der Waals surface area contributed by atoms with E-state index in [0.29, 0.717) is 0 Å². The Kier molecular flexibility index (Phi) is 3.57. The number of nitrogens with zero attached hydrogens (tertiary/aromatic N) is 3. The Bertz CT molecular complexity index is 823. The van der Waals surface area contributed by atoms with Gasteiger partial charge in [0.2, 0.25) is 0 Å². The fourth-order valence-corrected chi connectivity index (χ4v) is 2.97. The summed E-state index contributed by atoms with van der Waals surface area (Å²) in [5, 5.41) is 13.4. The third-order valence-electron chi connectivity index (χ3n) is 3.35. The maximum Gasteiger partial charge on any atom is 0.188 e. The van der Waals surface area contributed by atoms with E-state index in [9.17, 15) is 0 Å². The van der Waals surface area contributed by atoms with Gasteiger partial charge in [0.15, 0.2) is 5.13 Å². The number of aromatic amines is 1. The highest BCUT2D eigenvalue weighted by Gasteiger charge is 2.07. The van der Waals surface area contributed by atoms with E-state index >= 15 is 0 Å². The topological polar surface area (TPSA) is 66.5 Å². The van der Waals surface area contributed by atoms with Crippen LogP contribution in [0.2, 0.25) is 0 Å². The van der Waals surface area contributed by atoms with Crippen LogP contribution < -0.4 is 5.32 Å². The van der Waals surface area contributed by atoms with Crippen molar-refractivity contribution < 1.29 is 0 Å². The first kappa shape index (κ1) is 13.7. The van der Waals surface area contributed by atoms with Gasteiger partial charge in [0, 0.05) is 35.0 Å². The second kappa shape index (κ2) is 6.02. The van der Waals surface area contributed by atoms with E-state index in [1.54, 1.807) is 17.5 Å². The van der Waals surface area contributed by atoms with Crippen molar-refractivity contribution in [2.24, 2.45) is 0 Å². The van der Waals surface area contributed by atoms with Crippen LogP contribution in [0, 0.1) is 0 Å². The minimum absolute atomic E-state index is 0.812. The van der Waals surface area contributed by atoms with Crippen molar-refractivity contribution in [3.8, 4) is 22.5 Å². The molecule has 0 unspecified atom stereocenters. The van der Waals surface area contributed by atoms with Gasteiger partial charge in [-0.1, -0.05) is 30.3 Å². The van der Waals surface area contributed by atoms with Gasteiger partial charge >= 0.3 is 0 Å². The van der Waals surface area contributed by atoms with Crippen LogP contribution >= 0.6 is 11.3 Å². The first-order valence-electron chi connectivity index (χ1n) is 7.12. The van der Waals surface area contributed by atoms with Crippen LogP contribution in [-0.2, 0) is 0 Å². The second-order valence-electron chi connectivity index (χ2n) is 4.94. The van der Waals surface area contributed by atoms with E-state index in [0.717, 1.165) is 33.5 Å². The monoisotopic (exact) mass is 319 g/mol. The van der Waals surface area contributed by atoms with Gasteiger partial charge in [-0.05, 0) is 12.1 Å². The fourth-order valence-electron chi connectivity index (χ4n) is 2.24. The summed E-state index contributed by atoms with van der Waals surface area (Å²) in [5.74, 6) is 0.816. The van der Waals surface area contributed by atoms with Crippen LogP contribution in [-0.4, -0.2) is 20.2 Å². The maximum atomic E-state index is 4.58. The van der Waals surface area contributed by atoms with E-state index in [2.05, 4.69) is 25.5 Å². The first-order valence-corrected chi connectivity index (χ1v) is 8.00. The number of benzene rings is 1. The smallest absolute Gasteiger partial charge is 0.188 e. The van der Waals surface area contributed by atoms with E-state index in [1.165, 1.54) is 0 Å². The lowest BCUT2D eigenvalue weighted by Gasteiger charge is -1.97. The lowest BCUT2D eigenvalue weighted by atomic mass is 10.2. The predicted molar refractivity (Wildman–Crippen MR) is 92.7 cm³/mol. The molecule has 0 atom stereocenters. The molecule has 3 aromatic heterocycles. The molecule has 0 saturated carbocycles. The summed E-state index contributed by atoms with van der Waals surface area (Å²) in [7, 11) is 0. The molecule has 0 fully saturated rings. The van der Waals surface area contributed by atoms with Gasteiger partial charge in [-0.15, -0.1) is 11.3 Å². The van der Waals surface area contributed by atoms with Gasteiger partial charge in [0.25, 0.3) is 0 Å². The summed E-state index contributed by atoms with van der Waals surface area (Å²) < 4.78 is 0. The Balaban J connectivity index is 1.53. The van der Waals surface area contributed by atoms with Gasteiger partial charge in [-0.3, -0.25) is 10.1 Å². The van der Waals surface area contributed by atoms with Gasteiger partial charge in [-0.2, -0.15) is 5.10 Å². The highest BCUT2D eigenvalue weighted by Crippen LogP contribution is 2.27. The predicted octanol–water partition coefficient (Wildman–Crippen LogP) is 4.34. The minimum Gasteiger partial charge on any atom is -0.317 e. The molecule has 5 nitrogen and oxygen atoms in total. The quantitative estimate of drug-likeness (QED) is 0.587. The average Bonchev–Trinajstić information content (AvgIpc) is 3.27. The molecule has 0 spiro atoms. The van der Waals surface area contributed by atoms with E-state index in [1.807, 2.05) is 60.1 Å². The Morgan fingerprint density at radius 1 is 0.957 bits per heavy atom. The van der Waals surface area contributed by atoms with Crippen LogP contribution in [0.15, 0.2) is 66.3 Å². The molecule has 0 bridgehead atoms. The number of thiazole rings is 1. The number of H-pyrrole nitrogens is 1. The third-order valence-corrected chi connectivity index (χ3v) is 4.11. The van der Waals surface area contributed by atoms with Gasteiger partial charge in [-0.25, -0.2) is 4.98 Å². The first-order chi connectivity index (χ1) is 11.4. The number of hydrogen-bond acceptors (Lipinski definition) is 5. The zero-order valence-electron chi connectivity index (χ0n) is 12.1. The molecule has 0 aliphatic carbocycles. The average molecular weight is 319 g/mol. The summed E-state index contributed by atoms with van der Waals surface area (Å²) in [6.45, 7) is 0. The number of hydrogen-bond donors (Lipinski definition) is 2. The number of nitrogens with one attached hydrogen (secondary N) is 2. The molecule has 0 saturated heterocycles. The lowest BCUT2D eigenvalue weighted by molar-refractivity contribution is 1.10. The molecule has 0 aliphatic heterocycles. The summed E-state index contributed by atoms with van der Waals surface area (Å²) in [4.78, 5) is 8.70. The molecule has 23 heavy (non-hydrogen) atoms. The zero-order chi connectivity index (χ0) is 15.5. The molecule has 112 valence electrons. The van der Waals surface area contributed by atoms with Crippen LogP contribution in [0.1, 0.15) is 0 Å². The van der Waals surface area contributed by atoms with Crippen molar-refractivity contribution in [1.82, 2.24) is 20.2 Å². The fraction of sp³-hybridized carbons (Fsp3) is 0. The summed E-state index contributed by atoms with van der Waals surface area (Å²) in [6, 6.07) is 15.9. The Morgan fingerprint density at radius 2 is 1.83 bits per heavy atom. The van der Waals surface area contributed by atoms with Crippen molar-refractivity contribution in [3.05, 3.63) is 66.3 Å². The SMILES string of the molecule is c1ccc(-c2cc(Nc3nc(-c4cccnc4)cs3)[nH]n2)cc1. The third kappa shape index (κ3) is 2.97. The molecule has 4 rings (SSSR count). The van der Waals surface area contributed by atoms with Gasteiger partial charge < -0.3 is 5.32 Å². The van der Waals surface area contributed by atoms with Crippen LogP contribution in [0.4, 0.5) is 10.9 Å². The second-order valence-corrected chi connectivity index (χ2v) is 5.80. The molecule has 6 heteroatoms.